The lowest BCUT2D eigenvalue weighted by Crippen LogP contribution is -2.32. The van der Waals surface area contributed by atoms with Crippen LogP contribution in [-0.4, -0.2) is 33.7 Å². The lowest BCUT2D eigenvalue weighted by atomic mass is 10.1. The van der Waals surface area contributed by atoms with E-state index in [4.69, 9.17) is 4.42 Å². The number of furan rings is 1. The van der Waals surface area contributed by atoms with Gasteiger partial charge in [-0.15, -0.1) is 0 Å². The van der Waals surface area contributed by atoms with Crippen molar-refractivity contribution in [3.05, 3.63) is 59.5 Å². The summed E-state index contributed by atoms with van der Waals surface area (Å²) in [6.45, 7) is 9.33. The number of aromatic nitrogens is 2. The summed E-state index contributed by atoms with van der Waals surface area (Å²) in [5, 5.41) is 4.67. The minimum atomic E-state index is -0.0313. The van der Waals surface area contributed by atoms with Crippen molar-refractivity contribution >= 4 is 5.91 Å². The molecule has 2 heterocycles. The molecule has 5 nitrogen and oxygen atoms in total. The summed E-state index contributed by atoms with van der Waals surface area (Å²) < 4.78 is 7.21. The monoisotopic (exact) mass is 337 g/mol. The van der Waals surface area contributed by atoms with Crippen LogP contribution in [0.25, 0.3) is 17.1 Å². The van der Waals surface area contributed by atoms with Gasteiger partial charge in [0.05, 0.1) is 12.0 Å². The molecule has 0 saturated heterocycles. The average Bonchev–Trinajstić information content (AvgIpc) is 3.27. The minimum absolute atomic E-state index is 0.0313. The molecule has 0 saturated carbocycles. The van der Waals surface area contributed by atoms with Crippen molar-refractivity contribution < 1.29 is 9.21 Å². The molecule has 0 aliphatic carbocycles. The van der Waals surface area contributed by atoms with E-state index in [-0.39, 0.29) is 5.91 Å². The van der Waals surface area contributed by atoms with Crippen molar-refractivity contribution in [2.24, 2.45) is 0 Å². The van der Waals surface area contributed by atoms with Gasteiger partial charge >= 0.3 is 0 Å². The summed E-state index contributed by atoms with van der Waals surface area (Å²) in [6, 6.07) is 11.6. The van der Waals surface area contributed by atoms with Crippen molar-refractivity contribution in [2.75, 3.05) is 13.1 Å². The molecule has 3 aromatic rings. The van der Waals surface area contributed by atoms with E-state index in [9.17, 15) is 4.79 Å². The lowest BCUT2D eigenvalue weighted by Gasteiger charge is -2.19. The quantitative estimate of drug-likeness (QED) is 0.700. The van der Waals surface area contributed by atoms with Crippen LogP contribution in [0.15, 0.2) is 47.1 Å². The largest absolute Gasteiger partial charge is 0.463 e. The Morgan fingerprint density at radius 2 is 1.92 bits per heavy atom. The van der Waals surface area contributed by atoms with Crippen LogP contribution in [0.1, 0.15) is 35.5 Å². The second kappa shape index (κ2) is 6.97. The van der Waals surface area contributed by atoms with Crippen LogP contribution in [0.4, 0.5) is 0 Å². The molecule has 5 heteroatoms. The van der Waals surface area contributed by atoms with Crippen molar-refractivity contribution in [3.63, 3.8) is 0 Å². The summed E-state index contributed by atoms with van der Waals surface area (Å²) in [5.41, 5.74) is 4.30. The maximum atomic E-state index is 13.0. The highest BCUT2D eigenvalue weighted by molar-refractivity contribution is 5.94. The topological polar surface area (TPSA) is 51.3 Å². The fourth-order valence-corrected chi connectivity index (χ4v) is 2.88. The number of carbonyl (C=O) groups is 1. The Kier molecular flexibility index (Phi) is 4.74. The Hall–Kier alpha value is -2.82. The average molecular weight is 337 g/mol. The second-order valence-corrected chi connectivity index (χ2v) is 6.07. The van der Waals surface area contributed by atoms with E-state index < -0.39 is 0 Å². The number of carbonyl (C=O) groups excluding carboxylic acids is 1. The van der Waals surface area contributed by atoms with Gasteiger partial charge < -0.3 is 9.32 Å². The standard InChI is InChI=1S/C20H23N3O2/c1-5-22(6-2)20(24)18-13-16(19-8-7-11-25-19)21-23(18)17-12-14(3)9-10-15(17)4/h7-13H,5-6H2,1-4H3. The fraction of sp³-hybridized carbons (Fsp3) is 0.300. The SMILES string of the molecule is CCN(CC)C(=O)c1cc(-c2ccco2)nn1-c1cc(C)ccc1C. The molecule has 3 rings (SSSR count). The first kappa shape index (κ1) is 17.0. The van der Waals surface area contributed by atoms with E-state index in [0.717, 1.165) is 16.8 Å². The maximum Gasteiger partial charge on any atom is 0.272 e. The fourth-order valence-electron chi connectivity index (χ4n) is 2.88. The maximum absolute atomic E-state index is 13.0. The zero-order valence-corrected chi connectivity index (χ0v) is 15.1. The summed E-state index contributed by atoms with van der Waals surface area (Å²) in [4.78, 5) is 14.8. The van der Waals surface area contributed by atoms with Crippen molar-refractivity contribution in [1.82, 2.24) is 14.7 Å². The van der Waals surface area contributed by atoms with Gasteiger partial charge in [-0.25, -0.2) is 4.68 Å². The Balaban J connectivity index is 2.18. The van der Waals surface area contributed by atoms with Crippen LogP contribution < -0.4 is 0 Å². The van der Waals surface area contributed by atoms with Crippen LogP contribution in [0.2, 0.25) is 0 Å². The number of hydrogen-bond acceptors (Lipinski definition) is 3. The summed E-state index contributed by atoms with van der Waals surface area (Å²) in [6.07, 6.45) is 1.61. The van der Waals surface area contributed by atoms with Gasteiger partial charge in [-0.2, -0.15) is 5.10 Å². The molecule has 0 N–H and O–H groups in total. The predicted octanol–water partition coefficient (Wildman–Crippen LogP) is 4.23. The minimum Gasteiger partial charge on any atom is -0.463 e. The van der Waals surface area contributed by atoms with E-state index >= 15 is 0 Å². The molecule has 0 aliphatic heterocycles. The second-order valence-electron chi connectivity index (χ2n) is 6.07. The molecule has 1 aromatic carbocycles. The molecule has 0 atom stereocenters. The molecule has 0 spiro atoms. The van der Waals surface area contributed by atoms with E-state index in [1.807, 2.05) is 52.0 Å². The molecule has 0 aliphatic rings. The first-order valence-electron chi connectivity index (χ1n) is 8.56. The number of rotatable bonds is 5. The van der Waals surface area contributed by atoms with Gasteiger partial charge in [-0.3, -0.25) is 4.79 Å². The van der Waals surface area contributed by atoms with Crippen LogP contribution in [0, 0.1) is 13.8 Å². The third kappa shape index (κ3) is 3.22. The van der Waals surface area contributed by atoms with Crippen molar-refractivity contribution in [1.29, 1.82) is 0 Å². The highest BCUT2D eigenvalue weighted by atomic mass is 16.3. The third-order valence-corrected chi connectivity index (χ3v) is 4.35. The van der Waals surface area contributed by atoms with E-state index in [1.54, 1.807) is 21.9 Å². The van der Waals surface area contributed by atoms with Crippen molar-refractivity contribution in [2.45, 2.75) is 27.7 Å². The summed E-state index contributed by atoms with van der Waals surface area (Å²) >= 11 is 0. The number of amides is 1. The highest BCUT2D eigenvalue weighted by Gasteiger charge is 2.22. The Labute approximate surface area is 147 Å². The molecule has 0 fully saturated rings. The van der Waals surface area contributed by atoms with Gasteiger partial charge in [0.1, 0.15) is 11.4 Å². The Bertz CT molecular complexity index is 874. The molecular formula is C20H23N3O2. The molecule has 0 radical (unpaired) electrons. The first-order valence-corrected chi connectivity index (χ1v) is 8.56. The van der Waals surface area contributed by atoms with Crippen LogP contribution >= 0.6 is 0 Å². The number of aryl methyl sites for hydroxylation is 2. The molecule has 1 amide bonds. The van der Waals surface area contributed by atoms with Gasteiger partial charge in [0.25, 0.3) is 5.91 Å². The Morgan fingerprint density at radius 3 is 2.56 bits per heavy atom. The molecular weight excluding hydrogens is 314 g/mol. The van der Waals surface area contributed by atoms with Crippen LogP contribution in [0.3, 0.4) is 0 Å². The van der Waals surface area contributed by atoms with Crippen LogP contribution in [-0.2, 0) is 0 Å². The Morgan fingerprint density at radius 1 is 1.16 bits per heavy atom. The molecule has 2 aromatic heterocycles. The van der Waals surface area contributed by atoms with Gasteiger partial charge in [0, 0.05) is 19.2 Å². The molecule has 25 heavy (non-hydrogen) atoms. The molecule has 0 bridgehead atoms. The van der Waals surface area contributed by atoms with Crippen molar-refractivity contribution in [3.8, 4) is 17.1 Å². The zero-order valence-electron chi connectivity index (χ0n) is 15.1. The van der Waals surface area contributed by atoms with Gasteiger partial charge in [-0.05, 0) is 57.0 Å². The third-order valence-electron chi connectivity index (χ3n) is 4.35. The zero-order chi connectivity index (χ0) is 18.0. The smallest absolute Gasteiger partial charge is 0.272 e. The van der Waals surface area contributed by atoms with Crippen LogP contribution in [0.5, 0.6) is 0 Å². The first-order chi connectivity index (χ1) is 12.0. The van der Waals surface area contributed by atoms with E-state index in [1.165, 1.54) is 0 Å². The highest BCUT2D eigenvalue weighted by Crippen LogP contribution is 2.25. The van der Waals surface area contributed by atoms with Gasteiger partial charge in [0.2, 0.25) is 0 Å². The normalized spacial score (nSPS) is 10.9. The number of nitrogens with zero attached hydrogens (tertiary/aromatic N) is 3. The molecule has 130 valence electrons. The van der Waals surface area contributed by atoms with Gasteiger partial charge in [-0.1, -0.05) is 12.1 Å². The number of benzene rings is 1. The predicted molar refractivity (Wildman–Crippen MR) is 98.0 cm³/mol. The van der Waals surface area contributed by atoms with E-state index in [0.29, 0.717) is 30.2 Å². The van der Waals surface area contributed by atoms with E-state index in [2.05, 4.69) is 11.2 Å². The lowest BCUT2D eigenvalue weighted by molar-refractivity contribution is 0.0764. The molecule has 0 unspecified atom stereocenters. The number of hydrogen-bond donors (Lipinski definition) is 0. The summed E-state index contributed by atoms with van der Waals surface area (Å²) in [7, 11) is 0. The van der Waals surface area contributed by atoms with Gasteiger partial charge in [0.15, 0.2) is 5.76 Å². The summed E-state index contributed by atoms with van der Waals surface area (Å²) in [5.74, 6) is 0.619.